The number of ether oxygens (including phenoxy) is 3. The van der Waals surface area contributed by atoms with Gasteiger partial charge in [-0.3, -0.25) is 4.79 Å². The molecular formula is C12H17NO4. The monoisotopic (exact) mass is 239 g/mol. The summed E-state index contributed by atoms with van der Waals surface area (Å²) in [6.07, 6.45) is 0. The average molecular weight is 239 g/mol. The van der Waals surface area contributed by atoms with Crippen LogP contribution >= 0.6 is 0 Å². The summed E-state index contributed by atoms with van der Waals surface area (Å²) in [7, 11) is 3.06. The third-order valence-corrected chi connectivity index (χ3v) is 2.16. The van der Waals surface area contributed by atoms with Crippen LogP contribution < -0.4 is 10.5 Å². The third kappa shape index (κ3) is 4.42. The maximum atomic E-state index is 11.4. The van der Waals surface area contributed by atoms with Crippen LogP contribution in [0.5, 0.6) is 5.75 Å². The number of carbonyl (C=O) groups excluding carboxylic acids is 1. The van der Waals surface area contributed by atoms with Crippen molar-refractivity contribution in [2.45, 2.75) is 12.6 Å². The summed E-state index contributed by atoms with van der Waals surface area (Å²) < 4.78 is 14.9. The molecule has 0 heterocycles. The van der Waals surface area contributed by atoms with Crippen LogP contribution in [0.25, 0.3) is 0 Å². The fourth-order valence-electron chi connectivity index (χ4n) is 1.27. The first-order valence-electron chi connectivity index (χ1n) is 5.21. The second-order valence-electron chi connectivity index (χ2n) is 3.52. The Morgan fingerprint density at radius 3 is 2.82 bits per heavy atom. The SMILES string of the molecule is COCC(N)C(=O)OCc1cccc(OC)c1. The van der Waals surface area contributed by atoms with Gasteiger partial charge in [0.15, 0.2) is 0 Å². The van der Waals surface area contributed by atoms with Crippen LogP contribution in [0, 0.1) is 0 Å². The Bertz CT molecular complexity index is 367. The van der Waals surface area contributed by atoms with E-state index in [4.69, 9.17) is 19.9 Å². The summed E-state index contributed by atoms with van der Waals surface area (Å²) in [4.78, 5) is 11.4. The molecule has 0 spiro atoms. The van der Waals surface area contributed by atoms with Crippen molar-refractivity contribution >= 4 is 5.97 Å². The first-order valence-corrected chi connectivity index (χ1v) is 5.21. The quantitative estimate of drug-likeness (QED) is 0.740. The Labute approximate surface area is 100 Å². The molecule has 0 aliphatic heterocycles. The van der Waals surface area contributed by atoms with Gasteiger partial charge < -0.3 is 19.9 Å². The normalized spacial score (nSPS) is 11.9. The Morgan fingerprint density at radius 1 is 1.41 bits per heavy atom. The minimum atomic E-state index is -0.745. The van der Waals surface area contributed by atoms with Crippen LogP contribution in [-0.2, 0) is 20.9 Å². The molecule has 1 aromatic carbocycles. The van der Waals surface area contributed by atoms with Crippen molar-refractivity contribution in [3.8, 4) is 5.75 Å². The molecule has 0 fully saturated rings. The van der Waals surface area contributed by atoms with Crippen molar-refractivity contribution in [2.75, 3.05) is 20.8 Å². The Kier molecular flexibility index (Phi) is 5.45. The molecule has 0 saturated carbocycles. The molecule has 0 radical (unpaired) electrons. The molecule has 1 aromatic rings. The van der Waals surface area contributed by atoms with Crippen molar-refractivity contribution < 1.29 is 19.0 Å². The molecule has 2 N–H and O–H groups in total. The first kappa shape index (κ1) is 13.5. The number of rotatable bonds is 6. The van der Waals surface area contributed by atoms with E-state index in [1.807, 2.05) is 18.2 Å². The predicted molar refractivity (Wildman–Crippen MR) is 62.6 cm³/mol. The van der Waals surface area contributed by atoms with Gasteiger partial charge in [-0.25, -0.2) is 0 Å². The molecule has 5 nitrogen and oxygen atoms in total. The van der Waals surface area contributed by atoms with Gasteiger partial charge in [0.2, 0.25) is 0 Å². The Hall–Kier alpha value is -1.59. The van der Waals surface area contributed by atoms with E-state index in [-0.39, 0.29) is 13.2 Å². The van der Waals surface area contributed by atoms with Crippen LogP contribution in [0.1, 0.15) is 5.56 Å². The van der Waals surface area contributed by atoms with Gasteiger partial charge in [-0.05, 0) is 17.7 Å². The summed E-state index contributed by atoms with van der Waals surface area (Å²) in [6.45, 7) is 0.324. The number of carbonyl (C=O) groups is 1. The highest BCUT2D eigenvalue weighted by Crippen LogP contribution is 2.13. The van der Waals surface area contributed by atoms with Crippen molar-refractivity contribution in [1.29, 1.82) is 0 Å². The molecular weight excluding hydrogens is 222 g/mol. The van der Waals surface area contributed by atoms with Crippen molar-refractivity contribution in [2.24, 2.45) is 5.73 Å². The van der Waals surface area contributed by atoms with E-state index >= 15 is 0 Å². The summed E-state index contributed by atoms with van der Waals surface area (Å²) in [5.41, 5.74) is 6.37. The van der Waals surface area contributed by atoms with Gasteiger partial charge in [0.25, 0.3) is 0 Å². The van der Waals surface area contributed by atoms with E-state index < -0.39 is 12.0 Å². The molecule has 0 amide bonds. The van der Waals surface area contributed by atoms with E-state index in [0.717, 1.165) is 11.3 Å². The average Bonchev–Trinajstić information content (AvgIpc) is 2.36. The molecule has 0 aliphatic rings. The second-order valence-corrected chi connectivity index (χ2v) is 3.52. The van der Waals surface area contributed by atoms with E-state index in [1.54, 1.807) is 13.2 Å². The molecule has 5 heteroatoms. The number of esters is 1. The zero-order valence-electron chi connectivity index (χ0n) is 10.0. The lowest BCUT2D eigenvalue weighted by molar-refractivity contribution is -0.147. The van der Waals surface area contributed by atoms with E-state index in [1.165, 1.54) is 7.11 Å². The summed E-state index contributed by atoms with van der Waals surface area (Å²) in [5, 5.41) is 0. The van der Waals surface area contributed by atoms with Crippen molar-refractivity contribution in [1.82, 2.24) is 0 Å². The van der Waals surface area contributed by atoms with Gasteiger partial charge in [-0.1, -0.05) is 12.1 Å². The molecule has 0 aliphatic carbocycles. The number of benzene rings is 1. The molecule has 1 rings (SSSR count). The van der Waals surface area contributed by atoms with E-state index in [9.17, 15) is 4.79 Å². The third-order valence-electron chi connectivity index (χ3n) is 2.16. The summed E-state index contributed by atoms with van der Waals surface area (Å²) in [5.74, 6) is 0.245. The van der Waals surface area contributed by atoms with Gasteiger partial charge in [0.1, 0.15) is 18.4 Å². The summed E-state index contributed by atoms with van der Waals surface area (Å²) in [6, 6.07) is 6.55. The van der Waals surface area contributed by atoms with Crippen LogP contribution in [-0.4, -0.2) is 32.8 Å². The van der Waals surface area contributed by atoms with Crippen molar-refractivity contribution in [3.05, 3.63) is 29.8 Å². The molecule has 0 saturated heterocycles. The molecule has 94 valence electrons. The Balaban J connectivity index is 2.46. The fourth-order valence-corrected chi connectivity index (χ4v) is 1.27. The number of hydrogen-bond donors (Lipinski definition) is 1. The first-order chi connectivity index (χ1) is 8.17. The summed E-state index contributed by atoms with van der Waals surface area (Å²) >= 11 is 0. The van der Waals surface area contributed by atoms with Gasteiger partial charge in [-0.2, -0.15) is 0 Å². The lowest BCUT2D eigenvalue weighted by Gasteiger charge is -2.10. The standard InChI is InChI=1S/C12H17NO4/c1-15-8-11(13)12(14)17-7-9-4-3-5-10(6-9)16-2/h3-6,11H,7-8,13H2,1-2H3. The lowest BCUT2D eigenvalue weighted by Crippen LogP contribution is -2.36. The molecule has 0 bridgehead atoms. The predicted octanol–water partition coefficient (Wildman–Crippen LogP) is 0.712. The van der Waals surface area contributed by atoms with Crippen LogP contribution in [0.4, 0.5) is 0 Å². The highest BCUT2D eigenvalue weighted by Gasteiger charge is 2.14. The molecule has 17 heavy (non-hydrogen) atoms. The second kappa shape index (κ2) is 6.88. The number of nitrogens with two attached hydrogens (primary N) is 1. The van der Waals surface area contributed by atoms with Crippen molar-refractivity contribution in [3.63, 3.8) is 0 Å². The highest BCUT2D eigenvalue weighted by atomic mass is 16.5. The van der Waals surface area contributed by atoms with Crippen LogP contribution in [0.2, 0.25) is 0 Å². The zero-order valence-corrected chi connectivity index (χ0v) is 10.0. The number of hydrogen-bond acceptors (Lipinski definition) is 5. The van der Waals surface area contributed by atoms with E-state index in [2.05, 4.69) is 0 Å². The van der Waals surface area contributed by atoms with Gasteiger partial charge in [0.05, 0.1) is 13.7 Å². The lowest BCUT2D eigenvalue weighted by atomic mass is 10.2. The maximum absolute atomic E-state index is 11.4. The van der Waals surface area contributed by atoms with Crippen LogP contribution in [0.3, 0.4) is 0 Å². The zero-order chi connectivity index (χ0) is 12.7. The molecule has 1 atom stereocenters. The van der Waals surface area contributed by atoms with E-state index in [0.29, 0.717) is 0 Å². The van der Waals surface area contributed by atoms with Gasteiger partial charge >= 0.3 is 5.97 Å². The maximum Gasteiger partial charge on any atom is 0.325 e. The topological polar surface area (TPSA) is 70.8 Å². The Morgan fingerprint density at radius 2 is 2.18 bits per heavy atom. The molecule has 1 unspecified atom stereocenters. The largest absolute Gasteiger partial charge is 0.497 e. The molecule has 0 aromatic heterocycles. The minimum absolute atomic E-state index is 0.150. The fraction of sp³-hybridized carbons (Fsp3) is 0.417. The highest BCUT2D eigenvalue weighted by molar-refractivity contribution is 5.75. The smallest absolute Gasteiger partial charge is 0.325 e. The van der Waals surface area contributed by atoms with Gasteiger partial charge in [-0.15, -0.1) is 0 Å². The van der Waals surface area contributed by atoms with Crippen LogP contribution in [0.15, 0.2) is 24.3 Å². The van der Waals surface area contributed by atoms with Gasteiger partial charge in [0, 0.05) is 7.11 Å². The number of methoxy groups -OCH3 is 2. The minimum Gasteiger partial charge on any atom is -0.497 e.